The van der Waals surface area contributed by atoms with Crippen LogP contribution in [0.3, 0.4) is 0 Å². The van der Waals surface area contributed by atoms with Gasteiger partial charge in [-0.2, -0.15) is 13.2 Å². The van der Waals surface area contributed by atoms with Gasteiger partial charge in [0, 0.05) is 12.6 Å². The molecule has 124 valence electrons. The Balaban J connectivity index is 2.28. The molecule has 1 atom stereocenters. The molecule has 0 radical (unpaired) electrons. The highest BCUT2D eigenvalue weighted by molar-refractivity contribution is 7.89. The predicted molar refractivity (Wildman–Crippen MR) is 77.3 cm³/mol. The summed E-state index contributed by atoms with van der Waals surface area (Å²) in [5.41, 5.74) is -1.05. The van der Waals surface area contributed by atoms with Gasteiger partial charge in [0.2, 0.25) is 10.0 Å². The van der Waals surface area contributed by atoms with Crippen molar-refractivity contribution in [3.8, 4) is 0 Å². The minimum absolute atomic E-state index is 0.234. The molecule has 22 heavy (non-hydrogen) atoms. The topological polar surface area (TPSA) is 58.2 Å². The maximum absolute atomic E-state index is 12.7. The van der Waals surface area contributed by atoms with Crippen molar-refractivity contribution >= 4 is 21.6 Å². The highest BCUT2D eigenvalue weighted by atomic mass is 35.5. The van der Waals surface area contributed by atoms with Gasteiger partial charge in [0.15, 0.2) is 0 Å². The zero-order valence-electron chi connectivity index (χ0n) is 11.6. The first-order valence-electron chi connectivity index (χ1n) is 6.80. The van der Waals surface area contributed by atoms with E-state index < -0.39 is 26.7 Å². The van der Waals surface area contributed by atoms with Gasteiger partial charge >= 0.3 is 6.18 Å². The number of rotatable bonds is 3. The van der Waals surface area contributed by atoms with Crippen molar-refractivity contribution in [1.82, 2.24) is 10.0 Å². The van der Waals surface area contributed by atoms with Crippen molar-refractivity contribution in [2.24, 2.45) is 0 Å². The molecule has 0 saturated carbocycles. The van der Waals surface area contributed by atoms with Crippen molar-refractivity contribution in [3.05, 3.63) is 28.8 Å². The zero-order chi connectivity index (χ0) is 16.4. The molecular formula is C13H16ClF3N2O2S. The minimum Gasteiger partial charge on any atom is -0.315 e. The number of alkyl halides is 3. The van der Waals surface area contributed by atoms with Crippen LogP contribution in [0.15, 0.2) is 23.1 Å². The Kier molecular flexibility index (Phi) is 5.37. The summed E-state index contributed by atoms with van der Waals surface area (Å²) in [6.07, 6.45) is -2.22. The molecule has 1 aromatic carbocycles. The van der Waals surface area contributed by atoms with Gasteiger partial charge in [-0.15, -0.1) is 0 Å². The summed E-state index contributed by atoms with van der Waals surface area (Å²) in [5.74, 6) is 0. The van der Waals surface area contributed by atoms with Crippen LogP contribution in [0.25, 0.3) is 0 Å². The van der Waals surface area contributed by atoms with Crippen LogP contribution in [0.5, 0.6) is 0 Å². The van der Waals surface area contributed by atoms with Gasteiger partial charge in [0.1, 0.15) is 4.90 Å². The number of sulfonamides is 1. The summed E-state index contributed by atoms with van der Waals surface area (Å²) in [6, 6.07) is 1.91. The number of hydrogen-bond acceptors (Lipinski definition) is 3. The van der Waals surface area contributed by atoms with E-state index in [0.717, 1.165) is 31.5 Å². The lowest BCUT2D eigenvalue weighted by atomic mass is 10.2. The Morgan fingerprint density at radius 3 is 2.68 bits per heavy atom. The van der Waals surface area contributed by atoms with Crippen LogP contribution >= 0.6 is 11.6 Å². The second-order valence-electron chi connectivity index (χ2n) is 5.16. The first-order chi connectivity index (χ1) is 10.2. The number of hydrogen-bond donors (Lipinski definition) is 2. The maximum Gasteiger partial charge on any atom is 0.416 e. The van der Waals surface area contributed by atoms with Gasteiger partial charge in [-0.05, 0) is 37.6 Å². The smallest absolute Gasteiger partial charge is 0.315 e. The molecule has 1 aliphatic rings. The molecule has 4 nitrogen and oxygen atoms in total. The summed E-state index contributed by atoms with van der Waals surface area (Å²) in [5, 5.41) is 2.85. The van der Waals surface area contributed by atoms with E-state index in [2.05, 4.69) is 10.0 Å². The van der Waals surface area contributed by atoms with Gasteiger partial charge in [-0.1, -0.05) is 18.0 Å². The minimum atomic E-state index is -4.63. The second kappa shape index (κ2) is 6.74. The van der Waals surface area contributed by atoms with Crippen LogP contribution in [0.1, 0.15) is 24.8 Å². The second-order valence-corrected chi connectivity index (χ2v) is 7.25. The van der Waals surface area contributed by atoms with Gasteiger partial charge in [-0.25, -0.2) is 13.1 Å². The molecule has 1 heterocycles. The Hall–Kier alpha value is -0.830. The van der Waals surface area contributed by atoms with Crippen LogP contribution in [0.4, 0.5) is 13.2 Å². The fourth-order valence-corrected chi connectivity index (χ4v) is 4.08. The Labute approximate surface area is 132 Å². The molecule has 1 saturated heterocycles. The van der Waals surface area contributed by atoms with Gasteiger partial charge in [0.05, 0.1) is 10.6 Å². The zero-order valence-corrected chi connectivity index (χ0v) is 13.2. The predicted octanol–water partition coefficient (Wildman–Crippen LogP) is 2.78. The lowest BCUT2D eigenvalue weighted by Gasteiger charge is -2.18. The molecule has 0 spiro atoms. The standard InChI is InChI=1S/C13H16ClF3N2O2S/c14-11-5-4-9(13(15,16)17)7-12(11)22(20,21)19-10-3-1-2-6-18-8-10/h4-5,7,10,18-19H,1-3,6,8H2. The highest BCUT2D eigenvalue weighted by Gasteiger charge is 2.33. The van der Waals surface area contributed by atoms with E-state index in [-0.39, 0.29) is 11.1 Å². The van der Waals surface area contributed by atoms with E-state index in [1.807, 2.05) is 0 Å². The Morgan fingerprint density at radius 1 is 1.27 bits per heavy atom. The molecule has 0 aromatic heterocycles. The van der Waals surface area contributed by atoms with E-state index in [4.69, 9.17) is 11.6 Å². The van der Waals surface area contributed by atoms with Gasteiger partial charge < -0.3 is 5.32 Å². The lowest BCUT2D eigenvalue weighted by Crippen LogP contribution is -2.40. The first-order valence-corrected chi connectivity index (χ1v) is 8.66. The third-order valence-corrected chi connectivity index (χ3v) is 5.42. The third-order valence-electron chi connectivity index (χ3n) is 3.42. The van der Waals surface area contributed by atoms with Gasteiger partial charge in [-0.3, -0.25) is 0 Å². The average molecular weight is 357 g/mol. The molecule has 0 aliphatic carbocycles. The number of benzene rings is 1. The largest absolute Gasteiger partial charge is 0.416 e. The molecule has 1 unspecified atom stereocenters. The number of nitrogens with one attached hydrogen (secondary N) is 2. The van der Waals surface area contributed by atoms with E-state index in [9.17, 15) is 21.6 Å². The van der Waals surface area contributed by atoms with Crippen molar-refractivity contribution in [3.63, 3.8) is 0 Å². The first kappa shape index (κ1) is 17.5. The van der Waals surface area contributed by atoms with E-state index in [1.165, 1.54) is 0 Å². The van der Waals surface area contributed by atoms with E-state index in [1.54, 1.807) is 0 Å². The summed E-state index contributed by atoms with van der Waals surface area (Å²) in [7, 11) is -4.11. The van der Waals surface area contributed by atoms with Crippen LogP contribution < -0.4 is 10.0 Å². The Morgan fingerprint density at radius 2 is 2.00 bits per heavy atom. The van der Waals surface area contributed by atoms with Crippen LogP contribution in [0, 0.1) is 0 Å². The van der Waals surface area contributed by atoms with E-state index in [0.29, 0.717) is 19.0 Å². The fraction of sp³-hybridized carbons (Fsp3) is 0.538. The summed E-state index contributed by atoms with van der Waals surface area (Å²) < 4.78 is 65.3. The summed E-state index contributed by atoms with van der Waals surface area (Å²) in [6.45, 7) is 1.23. The maximum atomic E-state index is 12.7. The lowest BCUT2D eigenvalue weighted by molar-refractivity contribution is -0.137. The van der Waals surface area contributed by atoms with Crippen molar-refractivity contribution in [2.75, 3.05) is 13.1 Å². The monoisotopic (exact) mass is 356 g/mol. The van der Waals surface area contributed by atoms with Crippen molar-refractivity contribution < 1.29 is 21.6 Å². The highest BCUT2D eigenvalue weighted by Crippen LogP contribution is 2.33. The Bertz CT molecular complexity index is 627. The normalized spacial score (nSPS) is 20.6. The molecule has 1 fully saturated rings. The van der Waals surface area contributed by atoms with Crippen LogP contribution in [0.2, 0.25) is 5.02 Å². The van der Waals surface area contributed by atoms with Crippen LogP contribution in [-0.4, -0.2) is 27.5 Å². The van der Waals surface area contributed by atoms with E-state index >= 15 is 0 Å². The van der Waals surface area contributed by atoms with Crippen molar-refractivity contribution in [2.45, 2.75) is 36.4 Å². The molecule has 1 aromatic rings. The molecule has 1 aliphatic heterocycles. The summed E-state index contributed by atoms with van der Waals surface area (Å²) >= 11 is 5.78. The molecule has 2 N–H and O–H groups in total. The molecule has 0 amide bonds. The SMILES string of the molecule is O=S(=O)(NC1CCCCNC1)c1cc(C(F)(F)F)ccc1Cl. The van der Waals surface area contributed by atoms with Gasteiger partial charge in [0.25, 0.3) is 0 Å². The third kappa shape index (κ3) is 4.34. The molecular weight excluding hydrogens is 341 g/mol. The molecule has 2 rings (SSSR count). The van der Waals surface area contributed by atoms with Crippen LogP contribution in [-0.2, 0) is 16.2 Å². The fourth-order valence-electron chi connectivity index (χ4n) is 2.29. The number of halogens is 4. The van der Waals surface area contributed by atoms with Crippen molar-refractivity contribution in [1.29, 1.82) is 0 Å². The summed E-state index contributed by atoms with van der Waals surface area (Å²) in [4.78, 5) is -0.548. The molecule has 9 heteroatoms. The quantitative estimate of drug-likeness (QED) is 0.875. The average Bonchev–Trinajstić information content (AvgIpc) is 2.65. The molecule has 0 bridgehead atoms.